The average Bonchev–Trinajstić information content (AvgIpc) is 2.63. The third-order valence-electron chi connectivity index (χ3n) is 2.17. The van der Waals surface area contributed by atoms with Crippen molar-refractivity contribution in [1.82, 2.24) is 15.1 Å². The van der Waals surface area contributed by atoms with Crippen molar-refractivity contribution in [3.8, 4) is 0 Å². The van der Waals surface area contributed by atoms with Crippen molar-refractivity contribution in [3.05, 3.63) is 18.0 Å². The molecule has 0 aliphatic rings. The van der Waals surface area contributed by atoms with Gasteiger partial charge in [0, 0.05) is 33.3 Å². The smallest absolute Gasteiger partial charge is 0.248 e. The molecule has 5 nitrogen and oxygen atoms in total. The minimum atomic E-state index is -0.395. The SMILES string of the molecule is COC(C)C(=O)NCCc1ccn(C)n1. The van der Waals surface area contributed by atoms with Crippen LogP contribution in [0.5, 0.6) is 0 Å². The fourth-order valence-electron chi connectivity index (χ4n) is 1.16. The molecule has 0 spiro atoms. The molecular formula is C10H17N3O2. The molecule has 0 saturated carbocycles. The van der Waals surface area contributed by atoms with Crippen molar-refractivity contribution >= 4 is 5.91 Å². The highest BCUT2D eigenvalue weighted by Crippen LogP contribution is 1.94. The first-order valence-electron chi connectivity index (χ1n) is 4.92. The number of carbonyl (C=O) groups is 1. The van der Waals surface area contributed by atoms with E-state index in [2.05, 4.69) is 10.4 Å². The zero-order valence-electron chi connectivity index (χ0n) is 9.36. The van der Waals surface area contributed by atoms with Crippen molar-refractivity contribution in [2.24, 2.45) is 7.05 Å². The van der Waals surface area contributed by atoms with Crippen LogP contribution in [0, 0.1) is 0 Å². The van der Waals surface area contributed by atoms with Gasteiger partial charge in [-0.3, -0.25) is 9.48 Å². The van der Waals surface area contributed by atoms with Gasteiger partial charge in [-0.25, -0.2) is 0 Å². The molecule has 1 N–H and O–H groups in total. The molecule has 1 aromatic heterocycles. The summed E-state index contributed by atoms with van der Waals surface area (Å²) in [4.78, 5) is 11.3. The summed E-state index contributed by atoms with van der Waals surface area (Å²) < 4.78 is 6.63. The Kier molecular flexibility index (Phi) is 4.30. The molecule has 1 atom stereocenters. The summed E-state index contributed by atoms with van der Waals surface area (Å²) in [5, 5.41) is 6.98. The molecule has 0 aromatic carbocycles. The third kappa shape index (κ3) is 3.71. The van der Waals surface area contributed by atoms with Gasteiger partial charge in [0.15, 0.2) is 0 Å². The summed E-state index contributed by atoms with van der Waals surface area (Å²) >= 11 is 0. The molecule has 0 bridgehead atoms. The van der Waals surface area contributed by atoms with E-state index < -0.39 is 6.10 Å². The molecule has 0 saturated heterocycles. The van der Waals surface area contributed by atoms with Crippen LogP contribution >= 0.6 is 0 Å². The van der Waals surface area contributed by atoms with Gasteiger partial charge in [0.25, 0.3) is 0 Å². The number of nitrogens with one attached hydrogen (secondary N) is 1. The number of hydrogen-bond acceptors (Lipinski definition) is 3. The summed E-state index contributed by atoms with van der Waals surface area (Å²) in [5.41, 5.74) is 0.975. The molecule has 0 radical (unpaired) electrons. The van der Waals surface area contributed by atoms with E-state index in [0.717, 1.165) is 12.1 Å². The van der Waals surface area contributed by atoms with Crippen LogP contribution in [0.1, 0.15) is 12.6 Å². The highest BCUT2D eigenvalue weighted by molar-refractivity contribution is 5.80. The highest BCUT2D eigenvalue weighted by Gasteiger charge is 2.10. The Balaban J connectivity index is 2.24. The quantitative estimate of drug-likeness (QED) is 0.752. The molecule has 0 aliphatic carbocycles. The molecule has 5 heteroatoms. The minimum Gasteiger partial charge on any atom is -0.372 e. The maximum absolute atomic E-state index is 11.3. The van der Waals surface area contributed by atoms with Gasteiger partial charge in [0.2, 0.25) is 5.91 Å². The van der Waals surface area contributed by atoms with E-state index in [4.69, 9.17) is 4.74 Å². The van der Waals surface area contributed by atoms with E-state index in [-0.39, 0.29) is 5.91 Å². The monoisotopic (exact) mass is 211 g/mol. The van der Waals surface area contributed by atoms with Crippen molar-refractivity contribution in [2.75, 3.05) is 13.7 Å². The zero-order valence-corrected chi connectivity index (χ0v) is 9.36. The van der Waals surface area contributed by atoms with Crippen LogP contribution in [-0.4, -0.2) is 35.4 Å². The van der Waals surface area contributed by atoms with Gasteiger partial charge < -0.3 is 10.1 Å². The number of aromatic nitrogens is 2. The van der Waals surface area contributed by atoms with Gasteiger partial charge in [-0.15, -0.1) is 0 Å². The lowest BCUT2D eigenvalue weighted by Gasteiger charge is -2.09. The van der Waals surface area contributed by atoms with Crippen LogP contribution in [0.2, 0.25) is 0 Å². The predicted molar refractivity (Wildman–Crippen MR) is 56.4 cm³/mol. The van der Waals surface area contributed by atoms with E-state index in [9.17, 15) is 4.79 Å². The summed E-state index contributed by atoms with van der Waals surface area (Å²) in [6, 6.07) is 1.94. The number of nitrogens with zero attached hydrogens (tertiary/aromatic N) is 2. The van der Waals surface area contributed by atoms with Gasteiger partial charge in [-0.2, -0.15) is 5.10 Å². The predicted octanol–water partition coefficient (Wildman–Crippen LogP) is 0.114. The Labute approximate surface area is 89.4 Å². The average molecular weight is 211 g/mol. The number of amides is 1. The lowest BCUT2D eigenvalue weighted by atomic mass is 10.3. The van der Waals surface area contributed by atoms with Crippen molar-refractivity contribution in [3.63, 3.8) is 0 Å². The van der Waals surface area contributed by atoms with Gasteiger partial charge in [-0.05, 0) is 13.0 Å². The fraction of sp³-hybridized carbons (Fsp3) is 0.600. The first-order valence-corrected chi connectivity index (χ1v) is 4.92. The number of hydrogen-bond donors (Lipinski definition) is 1. The molecule has 1 rings (SSSR count). The Morgan fingerprint density at radius 3 is 3.00 bits per heavy atom. The van der Waals surface area contributed by atoms with Crippen LogP contribution in [-0.2, 0) is 23.0 Å². The van der Waals surface area contributed by atoms with E-state index in [1.807, 2.05) is 19.3 Å². The topological polar surface area (TPSA) is 56.1 Å². The molecule has 1 aromatic rings. The lowest BCUT2D eigenvalue weighted by molar-refractivity contribution is -0.129. The Morgan fingerprint density at radius 1 is 1.73 bits per heavy atom. The Bertz CT molecular complexity index is 322. The second-order valence-corrected chi connectivity index (χ2v) is 3.40. The Morgan fingerprint density at radius 2 is 2.47 bits per heavy atom. The molecular weight excluding hydrogens is 194 g/mol. The van der Waals surface area contributed by atoms with Gasteiger partial charge in [0.05, 0.1) is 5.69 Å². The van der Waals surface area contributed by atoms with Crippen LogP contribution in [0.3, 0.4) is 0 Å². The highest BCUT2D eigenvalue weighted by atomic mass is 16.5. The molecule has 1 unspecified atom stereocenters. The molecule has 0 aliphatic heterocycles. The van der Waals surface area contributed by atoms with Crippen molar-refractivity contribution < 1.29 is 9.53 Å². The van der Waals surface area contributed by atoms with Gasteiger partial charge in [0.1, 0.15) is 6.10 Å². The third-order valence-corrected chi connectivity index (χ3v) is 2.17. The van der Waals surface area contributed by atoms with Crippen LogP contribution in [0.4, 0.5) is 0 Å². The number of rotatable bonds is 5. The van der Waals surface area contributed by atoms with Gasteiger partial charge >= 0.3 is 0 Å². The number of carbonyl (C=O) groups excluding carboxylic acids is 1. The Hall–Kier alpha value is -1.36. The molecule has 15 heavy (non-hydrogen) atoms. The largest absolute Gasteiger partial charge is 0.372 e. The fourth-order valence-corrected chi connectivity index (χ4v) is 1.16. The van der Waals surface area contributed by atoms with E-state index in [1.165, 1.54) is 7.11 Å². The van der Waals surface area contributed by atoms with Crippen molar-refractivity contribution in [2.45, 2.75) is 19.4 Å². The van der Waals surface area contributed by atoms with Gasteiger partial charge in [-0.1, -0.05) is 0 Å². The second-order valence-electron chi connectivity index (χ2n) is 3.40. The van der Waals surface area contributed by atoms with Crippen LogP contribution in [0.15, 0.2) is 12.3 Å². The number of aryl methyl sites for hydroxylation is 1. The first kappa shape index (κ1) is 11.7. The summed E-state index contributed by atoms with van der Waals surface area (Å²) in [7, 11) is 3.39. The molecule has 1 amide bonds. The van der Waals surface area contributed by atoms with Crippen LogP contribution < -0.4 is 5.32 Å². The second kappa shape index (κ2) is 5.50. The zero-order chi connectivity index (χ0) is 11.3. The van der Waals surface area contributed by atoms with E-state index in [1.54, 1.807) is 11.6 Å². The molecule has 0 fully saturated rings. The van der Waals surface area contributed by atoms with E-state index >= 15 is 0 Å². The summed E-state index contributed by atoms with van der Waals surface area (Å²) in [6.07, 6.45) is 2.23. The number of methoxy groups -OCH3 is 1. The molecule has 84 valence electrons. The standard InChI is InChI=1S/C10H17N3O2/c1-8(15-3)10(14)11-6-4-9-5-7-13(2)12-9/h5,7-8H,4,6H2,1-3H3,(H,11,14). The maximum Gasteiger partial charge on any atom is 0.248 e. The normalized spacial score (nSPS) is 12.5. The summed E-state index contributed by atoms with van der Waals surface area (Å²) in [5.74, 6) is -0.0894. The lowest BCUT2D eigenvalue weighted by Crippen LogP contribution is -2.35. The van der Waals surface area contributed by atoms with Crippen LogP contribution in [0.25, 0.3) is 0 Å². The molecule has 1 heterocycles. The minimum absolute atomic E-state index is 0.0894. The maximum atomic E-state index is 11.3. The summed E-state index contributed by atoms with van der Waals surface area (Å²) in [6.45, 7) is 2.31. The number of ether oxygens (including phenoxy) is 1. The van der Waals surface area contributed by atoms with Crippen molar-refractivity contribution in [1.29, 1.82) is 0 Å². The first-order chi connectivity index (χ1) is 7.13. The van der Waals surface area contributed by atoms with E-state index in [0.29, 0.717) is 6.54 Å².